The molecule has 0 bridgehead atoms. The Bertz CT molecular complexity index is 621. The largest absolute Gasteiger partial charge is 0.355 e. The Labute approximate surface area is 123 Å². The van der Waals surface area contributed by atoms with E-state index < -0.39 is 0 Å². The Morgan fingerprint density at radius 3 is 3.00 bits per heavy atom. The Morgan fingerprint density at radius 2 is 2.30 bits per heavy atom. The third-order valence-electron chi connectivity index (χ3n) is 2.93. The first-order valence-electron chi connectivity index (χ1n) is 6.68. The van der Waals surface area contributed by atoms with Gasteiger partial charge in [-0.2, -0.15) is 0 Å². The fourth-order valence-electron chi connectivity index (χ4n) is 1.98. The van der Waals surface area contributed by atoms with Gasteiger partial charge in [0.1, 0.15) is 0 Å². The maximum atomic E-state index is 11.8. The molecule has 1 heterocycles. The second-order valence-corrected chi connectivity index (χ2v) is 5.74. The summed E-state index contributed by atoms with van der Waals surface area (Å²) in [4.78, 5) is 16.5. The summed E-state index contributed by atoms with van der Waals surface area (Å²) in [7, 11) is 0. The highest BCUT2D eigenvalue weighted by Crippen LogP contribution is 2.27. The molecule has 4 nitrogen and oxygen atoms in total. The molecule has 1 N–H and O–H groups in total. The molecule has 20 heavy (non-hydrogen) atoms. The van der Waals surface area contributed by atoms with Crippen molar-refractivity contribution in [3.05, 3.63) is 36.9 Å². The molecular formula is C15H19N3OS. The molecule has 2 aromatic rings. The van der Waals surface area contributed by atoms with Crippen LogP contribution in [-0.2, 0) is 11.3 Å². The Morgan fingerprint density at radius 1 is 1.55 bits per heavy atom. The molecule has 0 aliphatic heterocycles. The molecule has 0 spiro atoms. The summed E-state index contributed by atoms with van der Waals surface area (Å²) < 4.78 is 2.09. The van der Waals surface area contributed by atoms with E-state index in [-0.39, 0.29) is 11.2 Å². The molecule has 106 valence electrons. The number of thioether (sulfide) groups is 1. The molecule has 2 rings (SSSR count). The highest BCUT2D eigenvalue weighted by atomic mass is 32.2. The van der Waals surface area contributed by atoms with Crippen LogP contribution < -0.4 is 5.32 Å². The predicted octanol–water partition coefficient (Wildman–Crippen LogP) is 2.84. The van der Waals surface area contributed by atoms with Gasteiger partial charge in [0.05, 0.1) is 16.3 Å². The molecule has 1 amide bonds. The van der Waals surface area contributed by atoms with Gasteiger partial charge in [-0.15, -0.1) is 6.58 Å². The molecule has 0 radical (unpaired) electrons. The van der Waals surface area contributed by atoms with E-state index in [1.807, 2.05) is 44.2 Å². The van der Waals surface area contributed by atoms with Gasteiger partial charge in [-0.25, -0.2) is 4.98 Å². The van der Waals surface area contributed by atoms with Gasteiger partial charge in [0.25, 0.3) is 0 Å². The molecule has 0 saturated carbocycles. The van der Waals surface area contributed by atoms with Crippen LogP contribution in [0.3, 0.4) is 0 Å². The smallest absolute Gasteiger partial charge is 0.233 e. The SMILES string of the molecule is C=CCn1c(S[C@@H](C)C(=O)NCC)nc2ccccc21. The third kappa shape index (κ3) is 3.04. The molecule has 0 unspecified atom stereocenters. The van der Waals surface area contributed by atoms with E-state index in [1.54, 1.807) is 0 Å². The number of hydrogen-bond donors (Lipinski definition) is 1. The van der Waals surface area contributed by atoms with Crippen molar-refractivity contribution in [2.24, 2.45) is 0 Å². The number of nitrogens with one attached hydrogen (secondary N) is 1. The van der Waals surface area contributed by atoms with Crippen LogP contribution in [0.25, 0.3) is 11.0 Å². The molecule has 0 aliphatic carbocycles. The van der Waals surface area contributed by atoms with Crippen LogP contribution in [0.15, 0.2) is 42.1 Å². The van der Waals surface area contributed by atoms with Crippen molar-refractivity contribution in [2.75, 3.05) is 6.54 Å². The van der Waals surface area contributed by atoms with E-state index in [0.29, 0.717) is 13.1 Å². The Balaban J connectivity index is 2.31. The van der Waals surface area contributed by atoms with Crippen LogP contribution in [-0.4, -0.2) is 27.3 Å². The average Bonchev–Trinajstić information content (AvgIpc) is 2.78. The fourth-order valence-corrected chi connectivity index (χ4v) is 2.94. The van der Waals surface area contributed by atoms with Gasteiger partial charge < -0.3 is 9.88 Å². The van der Waals surface area contributed by atoms with Crippen molar-refractivity contribution in [1.82, 2.24) is 14.9 Å². The molecular weight excluding hydrogens is 270 g/mol. The maximum Gasteiger partial charge on any atom is 0.233 e. The second kappa shape index (κ2) is 6.61. The van der Waals surface area contributed by atoms with Crippen molar-refractivity contribution < 1.29 is 4.79 Å². The van der Waals surface area contributed by atoms with Crippen molar-refractivity contribution in [1.29, 1.82) is 0 Å². The minimum absolute atomic E-state index is 0.0368. The quantitative estimate of drug-likeness (QED) is 0.657. The van der Waals surface area contributed by atoms with Crippen LogP contribution >= 0.6 is 11.8 Å². The van der Waals surface area contributed by atoms with Crippen molar-refractivity contribution in [3.63, 3.8) is 0 Å². The van der Waals surface area contributed by atoms with Crippen LogP contribution in [0.2, 0.25) is 0 Å². The number of carbonyl (C=O) groups is 1. The summed E-state index contributed by atoms with van der Waals surface area (Å²) in [6.07, 6.45) is 1.84. The minimum Gasteiger partial charge on any atom is -0.355 e. The van der Waals surface area contributed by atoms with Gasteiger partial charge in [0, 0.05) is 13.1 Å². The monoisotopic (exact) mass is 289 g/mol. The summed E-state index contributed by atoms with van der Waals surface area (Å²) in [5.41, 5.74) is 2.01. The first-order valence-corrected chi connectivity index (χ1v) is 7.55. The van der Waals surface area contributed by atoms with Gasteiger partial charge in [0.2, 0.25) is 5.91 Å². The van der Waals surface area contributed by atoms with Gasteiger partial charge in [-0.3, -0.25) is 4.79 Å². The molecule has 1 aromatic heterocycles. The molecule has 0 saturated heterocycles. The van der Waals surface area contributed by atoms with Gasteiger partial charge in [0.15, 0.2) is 5.16 Å². The van der Waals surface area contributed by atoms with Crippen molar-refractivity contribution in [3.8, 4) is 0 Å². The Kier molecular flexibility index (Phi) is 4.84. The molecule has 1 atom stereocenters. The zero-order chi connectivity index (χ0) is 14.5. The predicted molar refractivity (Wildman–Crippen MR) is 83.9 cm³/mol. The summed E-state index contributed by atoms with van der Waals surface area (Å²) in [5.74, 6) is 0.0368. The summed E-state index contributed by atoms with van der Waals surface area (Å²) >= 11 is 1.48. The summed E-state index contributed by atoms with van der Waals surface area (Å²) in [5, 5.41) is 3.51. The van der Waals surface area contributed by atoms with Gasteiger partial charge >= 0.3 is 0 Å². The van der Waals surface area contributed by atoms with E-state index >= 15 is 0 Å². The number of fused-ring (bicyclic) bond motifs is 1. The van der Waals surface area contributed by atoms with Gasteiger partial charge in [-0.1, -0.05) is 30.0 Å². The fraction of sp³-hybridized carbons (Fsp3) is 0.333. The number of para-hydroxylation sites is 2. The van der Waals surface area contributed by atoms with Crippen LogP contribution in [0, 0.1) is 0 Å². The van der Waals surface area contributed by atoms with Crippen LogP contribution in [0.5, 0.6) is 0 Å². The van der Waals surface area contributed by atoms with Gasteiger partial charge in [-0.05, 0) is 26.0 Å². The third-order valence-corrected chi connectivity index (χ3v) is 4.02. The van der Waals surface area contributed by atoms with E-state index in [4.69, 9.17) is 0 Å². The molecule has 0 aliphatic rings. The molecule has 1 aromatic carbocycles. The molecule has 0 fully saturated rings. The summed E-state index contributed by atoms with van der Waals surface area (Å²) in [6, 6.07) is 7.98. The average molecular weight is 289 g/mol. The van der Waals surface area contributed by atoms with Crippen LogP contribution in [0.1, 0.15) is 13.8 Å². The first kappa shape index (κ1) is 14.7. The number of aromatic nitrogens is 2. The maximum absolute atomic E-state index is 11.8. The van der Waals surface area contributed by atoms with E-state index in [1.165, 1.54) is 11.8 Å². The van der Waals surface area contributed by atoms with Crippen molar-refractivity contribution >= 4 is 28.7 Å². The zero-order valence-corrected chi connectivity index (χ0v) is 12.6. The number of allylic oxidation sites excluding steroid dienone is 1. The first-order chi connectivity index (χ1) is 9.67. The highest BCUT2D eigenvalue weighted by molar-refractivity contribution is 8.00. The lowest BCUT2D eigenvalue weighted by molar-refractivity contribution is -0.120. The lowest BCUT2D eigenvalue weighted by atomic mass is 10.3. The second-order valence-electron chi connectivity index (χ2n) is 4.44. The van der Waals surface area contributed by atoms with E-state index in [9.17, 15) is 4.79 Å². The number of rotatable bonds is 6. The number of carbonyl (C=O) groups excluding carboxylic acids is 1. The lowest BCUT2D eigenvalue weighted by Gasteiger charge is -2.11. The standard InChI is InChI=1S/C15H19N3OS/c1-4-10-18-13-9-7-6-8-12(13)17-15(18)20-11(3)14(19)16-5-2/h4,6-9,11H,1,5,10H2,2-3H3,(H,16,19)/t11-/m0/s1. The van der Waals surface area contributed by atoms with E-state index in [0.717, 1.165) is 16.2 Å². The number of nitrogens with zero attached hydrogens (tertiary/aromatic N) is 2. The zero-order valence-electron chi connectivity index (χ0n) is 11.8. The normalized spacial score (nSPS) is 12.3. The highest BCUT2D eigenvalue weighted by Gasteiger charge is 2.18. The number of benzene rings is 1. The van der Waals surface area contributed by atoms with Crippen molar-refractivity contribution in [2.45, 2.75) is 30.8 Å². The van der Waals surface area contributed by atoms with Crippen LogP contribution in [0.4, 0.5) is 0 Å². The minimum atomic E-state index is -0.171. The summed E-state index contributed by atoms with van der Waals surface area (Å²) in [6.45, 7) is 8.94. The van der Waals surface area contributed by atoms with E-state index in [2.05, 4.69) is 21.4 Å². The number of amides is 1. The lowest BCUT2D eigenvalue weighted by Crippen LogP contribution is -2.30. The topological polar surface area (TPSA) is 46.9 Å². The Hall–Kier alpha value is -1.75. The number of hydrogen-bond acceptors (Lipinski definition) is 3. The number of imidazole rings is 1. The molecule has 5 heteroatoms.